The van der Waals surface area contributed by atoms with E-state index >= 15 is 0 Å². The number of carbonyl (C=O) groups is 2. The molecule has 3 rings (SSSR count). The van der Waals surface area contributed by atoms with E-state index < -0.39 is 17.9 Å². The number of carbonyl (C=O) groups excluding carboxylic acids is 2. The smallest absolute Gasteiger partial charge is 0.410 e. The Bertz CT molecular complexity index is 1080. The number of hydrogen-bond donors (Lipinski definition) is 0. The van der Waals surface area contributed by atoms with Gasteiger partial charge in [-0.05, 0) is 61.6 Å². The van der Waals surface area contributed by atoms with Gasteiger partial charge in [-0.15, -0.1) is 0 Å². The van der Waals surface area contributed by atoms with Crippen molar-refractivity contribution >= 4 is 12.1 Å². The predicted molar refractivity (Wildman–Crippen MR) is 129 cm³/mol. The van der Waals surface area contributed by atoms with Crippen molar-refractivity contribution in [2.24, 2.45) is 5.92 Å². The Morgan fingerprint density at radius 1 is 1.17 bits per heavy atom. The molecule has 0 fully saturated rings. The zero-order valence-electron chi connectivity index (χ0n) is 20.6. The highest BCUT2D eigenvalue weighted by molar-refractivity contribution is 5.94. The molecule has 1 heterocycles. The van der Waals surface area contributed by atoms with Crippen LogP contribution in [0.25, 0.3) is 0 Å². The fourth-order valence-corrected chi connectivity index (χ4v) is 3.33. The van der Waals surface area contributed by atoms with Gasteiger partial charge in [-0.2, -0.15) is 0 Å². The van der Waals surface area contributed by atoms with E-state index in [0.717, 1.165) is 19.3 Å². The fraction of sp³-hybridized carbons (Fsp3) is 0.407. The van der Waals surface area contributed by atoms with E-state index in [4.69, 9.17) is 18.9 Å². The predicted octanol–water partition coefficient (Wildman–Crippen LogP) is 6.81. The standard InChI is InChI=1S/C27H32FNO6/c1-5-7-14-32-27(31)29(13-12-18(3)4)17-19-8-11-23(22(28)15-19)33-20-9-10-21-24(16-20)34-25(6-2)35-26(21)30/h6,8-11,15-16,18H,5,7,12-14,17H2,1-4H3/b25-6+. The van der Waals surface area contributed by atoms with Gasteiger partial charge in [0.2, 0.25) is 0 Å². The van der Waals surface area contributed by atoms with Crippen LogP contribution in [0.5, 0.6) is 17.2 Å². The van der Waals surface area contributed by atoms with Crippen molar-refractivity contribution in [3.8, 4) is 17.2 Å². The average Bonchev–Trinajstić information content (AvgIpc) is 2.83. The molecule has 0 bridgehead atoms. The number of nitrogens with zero attached hydrogens (tertiary/aromatic N) is 1. The van der Waals surface area contributed by atoms with E-state index in [1.807, 2.05) is 6.92 Å². The Morgan fingerprint density at radius 3 is 2.66 bits per heavy atom. The van der Waals surface area contributed by atoms with Crippen molar-refractivity contribution in [1.29, 1.82) is 0 Å². The molecule has 8 heteroatoms. The Labute approximate surface area is 205 Å². The van der Waals surface area contributed by atoms with Crippen LogP contribution in [0, 0.1) is 11.7 Å². The minimum absolute atomic E-state index is 0.0117. The van der Waals surface area contributed by atoms with Crippen LogP contribution in [0.1, 0.15) is 62.9 Å². The molecule has 0 saturated carbocycles. The summed E-state index contributed by atoms with van der Waals surface area (Å²) in [5, 5.41) is 0. The minimum atomic E-state index is -0.571. The first-order valence-corrected chi connectivity index (χ1v) is 11.9. The third-order valence-electron chi connectivity index (χ3n) is 5.37. The van der Waals surface area contributed by atoms with Crippen LogP contribution in [0.2, 0.25) is 0 Å². The maximum absolute atomic E-state index is 14.9. The van der Waals surface area contributed by atoms with Gasteiger partial charge >= 0.3 is 12.1 Å². The van der Waals surface area contributed by atoms with Crippen LogP contribution in [0.3, 0.4) is 0 Å². The van der Waals surface area contributed by atoms with Crippen LogP contribution in [0.4, 0.5) is 9.18 Å². The molecule has 35 heavy (non-hydrogen) atoms. The first-order chi connectivity index (χ1) is 16.8. The fourth-order valence-electron chi connectivity index (χ4n) is 3.33. The van der Waals surface area contributed by atoms with Crippen molar-refractivity contribution in [3.63, 3.8) is 0 Å². The van der Waals surface area contributed by atoms with Gasteiger partial charge in [0.25, 0.3) is 5.95 Å². The summed E-state index contributed by atoms with van der Waals surface area (Å²) < 4.78 is 36.5. The third kappa shape index (κ3) is 7.21. The Morgan fingerprint density at radius 2 is 1.97 bits per heavy atom. The largest absolute Gasteiger partial charge is 0.454 e. The van der Waals surface area contributed by atoms with E-state index in [0.29, 0.717) is 30.4 Å². The quantitative estimate of drug-likeness (QED) is 0.272. The number of esters is 1. The molecule has 0 unspecified atom stereocenters. The van der Waals surface area contributed by atoms with Crippen LogP contribution in [-0.2, 0) is 16.0 Å². The zero-order chi connectivity index (χ0) is 25.4. The van der Waals surface area contributed by atoms with Crippen molar-refractivity contribution in [1.82, 2.24) is 4.90 Å². The number of cyclic esters (lactones) is 1. The van der Waals surface area contributed by atoms with E-state index in [1.165, 1.54) is 36.4 Å². The molecule has 2 aromatic rings. The van der Waals surface area contributed by atoms with Gasteiger partial charge in [-0.1, -0.05) is 33.3 Å². The maximum atomic E-state index is 14.9. The summed E-state index contributed by atoms with van der Waals surface area (Å²) in [7, 11) is 0. The lowest BCUT2D eigenvalue weighted by molar-refractivity contribution is 0.0406. The van der Waals surface area contributed by atoms with Gasteiger partial charge in [-0.25, -0.2) is 14.0 Å². The van der Waals surface area contributed by atoms with Gasteiger partial charge in [0.05, 0.1) is 6.61 Å². The molecule has 0 spiro atoms. The molecule has 188 valence electrons. The second-order valence-corrected chi connectivity index (χ2v) is 8.70. The molecular weight excluding hydrogens is 453 g/mol. The summed E-state index contributed by atoms with van der Waals surface area (Å²) in [6.07, 6.45) is 3.68. The molecule has 0 aromatic heterocycles. The summed E-state index contributed by atoms with van der Waals surface area (Å²) in [5.74, 6) is -0.0257. The summed E-state index contributed by atoms with van der Waals surface area (Å²) in [4.78, 5) is 26.2. The van der Waals surface area contributed by atoms with Gasteiger partial charge < -0.3 is 23.8 Å². The first-order valence-electron chi connectivity index (χ1n) is 11.9. The number of benzene rings is 2. The highest BCUT2D eigenvalue weighted by Gasteiger charge is 2.24. The Hall–Kier alpha value is -3.55. The average molecular weight is 486 g/mol. The van der Waals surface area contributed by atoms with E-state index in [2.05, 4.69) is 13.8 Å². The van der Waals surface area contributed by atoms with E-state index in [-0.39, 0.29) is 29.6 Å². The van der Waals surface area contributed by atoms with Gasteiger partial charge in [-0.3, -0.25) is 0 Å². The summed E-state index contributed by atoms with van der Waals surface area (Å²) in [6.45, 7) is 9.00. The molecule has 0 radical (unpaired) electrons. The molecule has 0 aliphatic carbocycles. The lowest BCUT2D eigenvalue weighted by atomic mass is 10.1. The van der Waals surface area contributed by atoms with Crippen LogP contribution < -0.4 is 9.47 Å². The minimum Gasteiger partial charge on any atom is -0.454 e. The number of unbranched alkanes of at least 4 members (excludes halogenated alkanes) is 1. The normalized spacial score (nSPS) is 13.8. The molecule has 0 N–H and O–H groups in total. The van der Waals surface area contributed by atoms with Crippen LogP contribution in [-0.4, -0.2) is 30.1 Å². The summed E-state index contributed by atoms with van der Waals surface area (Å²) in [5.41, 5.74) is 0.881. The lowest BCUT2D eigenvalue weighted by Crippen LogP contribution is -2.33. The second-order valence-electron chi connectivity index (χ2n) is 8.70. The highest BCUT2D eigenvalue weighted by Crippen LogP contribution is 2.34. The second kappa shape index (κ2) is 12.2. The molecule has 2 aromatic carbocycles. The number of allylic oxidation sites excluding steroid dienone is 1. The van der Waals surface area contributed by atoms with Gasteiger partial charge in [0, 0.05) is 19.2 Å². The topological polar surface area (TPSA) is 74.3 Å². The Balaban J connectivity index is 1.71. The number of ether oxygens (including phenoxy) is 4. The number of hydrogen-bond acceptors (Lipinski definition) is 6. The molecule has 7 nitrogen and oxygen atoms in total. The Kier molecular flexibility index (Phi) is 9.11. The zero-order valence-corrected chi connectivity index (χ0v) is 20.6. The van der Waals surface area contributed by atoms with E-state index in [1.54, 1.807) is 17.9 Å². The molecule has 1 amide bonds. The molecule has 1 aliphatic rings. The van der Waals surface area contributed by atoms with Crippen molar-refractivity contribution in [3.05, 3.63) is 65.4 Å². The van der Waals surface area contributed by atoms with Gasteiger partial charge in [0.15, 0.2) is 11.6 Å². The van der Waals surface area contributed by atoms with Gasteiger partial charge in [0.1, 0.15) is 17.1 Å². The summed E-state index contributed by atoms with van der Waals surface area (Å²) >= 11 is 0. The number of amides is 1. The first kappa shape index (κ1) is 26.1. The number of fused-ring (bicyclic) bond motifs is 1. The van der Waals surface area contributed by atoms with E-state index in [9.17, 15) is 14.0 Å². The molecule has 1 aliphatic heterocycles. The molecule has 0 atom stereocenters. The monoisotopic (exact) mass is 485 g/mol. The van der Waals surface area contributed by atoms with Crippen LogP contribution >= 0.6 is 0 Å². The lowest BCUT2D eigenvalue weighted by Gasteiger charge is -2.23. The van der Waals surface area contributed by atoms with Crippen molar-refractivity contribution in [2.45, 2.75) is 53.5 Å². The third-order valence-corrected chi connectivity index (χ3v) is 5.37. The maximum Gasteiger partial charge on any atom is 0.410 e. The van der Waals surface area contributed by atoms with Crippen LogP contribution in [0.15, 0.2) is 48.4 Å². The number of halogens is 1. The molecular formula is C27H32FNO6. The van der Waals surface area contributed by atoms with Crippen molar-refractivity contribution in [2.75, 3.05) is 13.2 Å². The SMILES string of the molecule is C/C=C1/OC(=O)c2ccc(Oc3ccc(CN(CCC(C)C)C(=O)OCCCC)cc3F)cc2O1. The summed E-state index contributed by atoms with van der Waals surface area (Å²) in [6, 6.07) is 9.12. The number of rotatable bonds is 10. The highest BCUT2D eigenvalue weighted by atomic mass is 19.1. The molecule has 0 saturated heterocycles. The van der Waals surface area contributed by atoms with Crippen molar-refractivity contribution < 1.29 is 32.9 Å².